The molecule has 140 valence electrons. The Morgan fingerprint density at radius 2 is 1.00 bits per heavy atom. The first-order chi connectivity index (χ1) is 11.5. The predicted octanol–water partition coefficient (Wildman–Crippen LogP) is 3.27. The SMILES string of the molecule is CCC(CC)NC(=O)NC1CCC(NC(=O)NC(CC)CC)CC1. The van der Waals surface area contributed by atoms with Gasteiger partial charge in [-0.15, -0.1) is 0 Å². The van der Waals surface area contributed by atoms with Crippen LogP contribution in [-0.2, 0) is 0 Å². The van der Waals surface area contributed by atoms with Gasteiger partial charge in [-0.25, -0.2) is 9.59 Å². The summed E-state index contributed by atoms with van der Waals surface area (Å²) >= 11 is 0. The third-order valence-corrected chi connectivity index (χ3v) is 5.04. The second-order valence-corrected chi connectivity index (χ2v) is 6.81. The second-order valence-electron chi connectivity index (χ2n) is 6.81. The zero-order valence-electron chi connectivity index (χ0n) is 15.8. The van der Waals surface area contributed by atoms with Crippen LogP contribution < -0.4 is 21.3 Å². The highest BCUT2D eigenvalue weighted by atomic mass is 16.2. The molecular formula is C18H36N4O2. The first kappa shape index (κ1) is 20.6. The van der Waals surface area contributed by atoms with E-state index in [1.54, 1.807) is 0 Å². The van der Waals surface area contributed by atoms with E-state index in [0.717, 1.165) is 51.4 Å². The molecule has 6 heteroatoms. The summed E-state index contributed by atoms with van der Waals surface area (Å²) in [6.07, 6.45) is 7.44. The zero-order chi connectivity index (χ0) is 17.9. The maximum atomic E-state index is 12.0. The number of carbonyl (C=O) groups excluding carboxylic acids is 2. The Labute approximate surface area is 146 Å². The fourth-order valence-electron chi connectivity index (χ4n) is 3.19. The topological polar surface area (TPSA) is 82.3 Å². The van der Waals surface area contributed by atoms with Crippen LogP contribution in [0.25, 0.3) is 0 Å². The molecule has 4 N–H and O–H groups in total. The number of amides is 4. The van der Waals surface area contributed by atoms with Crippen molar-refractivity contribution in [2.24, 2.45) is 0 Å². The van der Waals surface area contributed by atoms with Crippen LogP contribution in [0.2, 0.25) is 0 Å². The number of nitrogens with one attached hydrogen (secondary N) is 4. The van der Waals surface area contributed by atoms with Crippen molar-refractivity contribution in [2.75, 3.05) is 0 Å². The van der Waals surface area contributed by atoms with Crippen molar-refractivity contribution in [3.8, 4) is 0 Å². The molecule has 1 fully saturated rings. The lowest BCUT2D eigenvalue weighted by atomic mass is 9.91. The maximum absolute atomic E-state index is 12.0. The predicted molar refractivity (Wildman–Crippen MR) is 98.1 cm³/mol. The number of hydrogen-bond acceptors (Lipinski definition) is 2. The molecule has 0 bridgehead atoms. The highest BCUT2D eigenvalue weighted by Crippen LogP contribution is 2.18. The van der Waals surface area contributed by atoms with Gasteiger partial charge in [-0.3, -0.25) is 0 Å². The smallest absolute Gasteiger partial charge is 0.315 e. The Balaban J connectivity index is 2.26. The molecule has 0 aromatic rings. The molecule has 1 saturated carbocycles. The van der Waals surface area contributed by atoms with Crippen molar-refractivity contribution in [2.45, 2.75) is 103 Å². The summed E-state index contributed by atoms with van der Waals surface area (Å²) in [5, 5.41) is 12.2. The van der Waals surface area contributed by atoms with Gasteiger partial charge in [0.05, 0.1) is 0 Å². The van der Waals surface area contributed by atoms with Crippen LogP contribution in [0, 0.1) is 0 Å². The number of carbonyl (C=O) groups is 2. The lowest BCUT2D eigenvalue weighted by molar-refractivity contribution is 0.217. The van der Waals surface area contributed by atoms with Gasteiger partial charge < -0.3 is 21.3 Å². The van der Waals surface area contributed by atoms with Crippen LogP contribution in [0.1, 0.15) is 79.1 Å². The highest BCUT2D eigenvalue weighted by molar-refractivity contribution is 5.75. The van der Waals surface area contributed by atoms with E-state index in [1.165, 1.54) is 0 Å². The van der Waals surface area contributed by atoms with Gasteiger partial charge in [-0.05, 0) is 51.4 Å². The number of urea groups is 2. The van der Waals surface area contributed by atoms with E-state index < -0.39 is 0 Å². The zero-order valence-corrected chi connectivity index (χ0v) is 15.8. The summed E-state index contributed by atoms with van der Waals surface area (Å²) in [5.74, 6) is 0. The molecule has 0 heterocycles. The fourth-order valence-corrected chi connectivity index (χ4v) is 3.19. The molecule has 4 amide bonds. The van der Waals surface area contributed by atoms with Crippen molar-refractivity contribution in [3.05, 3.63) is 0 Å². The monoisotopic (exact) mass is 340 g/mol. The minimum atomic E-state index is -0.0633. The molecule has 1 aliphatic rings. The fraction of sp³-hybridized carbons (Fsp3) is 0.889. The summed E-state index contributed by atoms with van der Waals surface area (Å²) in [7, 11) is 0. The van der Waals surface area contributed by atoms with Crippen LogP contribution in [0.4, 0.5) is 9.59 Å². The molecule has 0 aliphatic heterocycles. The summed E-state index contributed by atoms with van der Waals surface area (Å²) in [6.45, 7) is 8.33. The van der Waals surface area contributed by atoms with Crippen LogP contribution in [-0.4, -0.2) is 36.2 Å². The molecule has 0 aromatic heterocycles. The third-order valence-electron chi connectivity index (χ3n) is 5.04. The largest absolute Gasteiger partial charge is 0.335 e. The van der Waals surface area contributed by atoms with Crippen LogP contribution >= 0.6 is 0 Å². The molecule has 0 atom stereocenters. The molecule has 0 saturated heterocycles. The average Bonchev–Trinajstić information content (AvgIpc) is 2.59. The van der Waals surface area contributed by atoms with E-state index in [-0.39, 0.29) is 36.2 Å². The summed E-state index contributed by atoms with van der Waals surface area (Å²) in [4.78, 5) is 24.0. The van der Waals surface area contributed by atoms with Gasteiger partial charge in [0.25, 0.3) is 0 Å². The first-order valence-corrected chi connectivity index (χ1v) is 9.66. The standard InChI is InChI=1S/C18H36N4O2/c1-5-13(6-2)19-17(23)21-15-9-11-16(12-10-15)22-18(24)20-14(7-3)8-4/h13-16H,5-12H2,1-4H3,(H2,19,21,23)(H2,20,22,24). The molecule has 0 unspecified atom stereocenters. The maximum Gasteiger partial charge on any atom is 0.315 e. The van der Waals surface area contributed by atoms with Gasteiger partial charge in [0.15, 0.2) is 0 Å². The molecule has 0 spiro atoms. The van der Waals surface area contributed by atoms with Crippen LogP contribution in [0.15, 0.2) is 0 Å². The summed E-state index contributed by atoms with van der Waals surface area (Å²) in [6, 6.07) is 0.783. The molecule has 6 nitrogen and oxygen atoms in total. The minimum Gasteiger partial charge on any atom is -0.335 e. The minimum absolute atomic E-state index is 0.0633. The Kier molecular flexibility index (Phi) is 9.57. The van der Waals surface area contributed by atoms with Gasteiger partial charge in [0.2, 0.25) is 0 Å². The number of hydrogen-bond donors (Lipinski definition) is 4. The van der Waals surface area contributed by atoms with E-state index in [9.17, 15) is 9.59 Å². The Hall–Kier alpha value is -1.46. The molecular weight excluding hydrogens is 304 g/mol. The lowest BCUT2D eigenvalue weighted by Crippen LogP contribution is -2.50. The van der Waals surface area contributed by atoms with E-state index in [0.29, 0.717) is 0 Å². The quantitative estimate of drug-likeness (QED) is 0.547. The normalized spacial score (nSPS) is 20.8. The Bertz CT molecular complexity index is 337. The van der Waals surface area contributed by atoms with Crippen molar-refractivity contribution in [3.63, 3.8) is 0 Å². The van der Waals surface area contributed by atoms with E-state index in [1.807, 2.05) is 0 Å². The first-order valence-electron chi connectivity index (χ1n) is 9.66. The average molecular weight is 341 g/mol. The molecule has 0 aromatic carbocycles. The summed E-state index contributed by atoms with van der Waals surface area (Å²) in [5.41, 5.74) is 0. The molecule has 1 rings (SSSR count). The van der Waals surface area contributed by atoms with Crippen LogP contribution in [0.3, 0.4) is 0 Å². The van der Waals surface area contributed by atoms with Gasteiger partial charge in [0, 0.05) is 24.2 Å². The molecule has 0 radical (unpaired) electrons. The van der Waals surface area contributed by atoms with Crippen molar-refractivity contribution in [1.82, 2.24) is 21.3 Å². The van der Waals surface area contributed by atoms with Gasteiger partial charge >= 0.3 is 12.1 Å². The molecule has 24 heavy (non-hydrogen) atoms. The Morgan fingerprint density at radius 3 is 1.25 bits per heavy atom. The third kappa shape index (κ3) is 7.41. The van der Waals surface area contributed by atoms with Gasteiger partial charge in [0.1, 0.15) is 0 Å². The highest BCUT2D eigenvalue weighted by Gasteiger charge is 2.24. The second kappa shape index (κ2) is 11.2. The van der Waals surface area contributed by atoms with E-state index in [2.05, 4.69) is 49.0 Å². The Morgan fingerprint density at radius 1 is 0.708 bits per heavy atom. The lowest BCUT2D eigenvalue weighted by Gasteiger charge is -2.30. The van der Waals surface area contributed by atoms with E-state index >= 15 is 0 Å². The van der Waals surface area contributed by atoms with Crippen molar-refractivity contribution in [1.29, 1.82) is 0 Å². The van der Waals surface area contributed by atoms with Gasteiger partial charge in [-0.1, -0.05) is 27.7 Å². The summed E-state index contributed by atoms with van der Waals surface area (Å²) < 4.78 is 0. The van der Waals surface area contributed by atoms with Crippen molar-refractivity contribution >= 4 is 12.1 Å². The van der Waals surface area contributed by atoms with Crippen LogP contribution in [0.5, 0.6) is 0 Å². The van der Waals surface area contributed by atoms with E-state index in [4.69, 9.17) is 0 Å². The van der Waals surface area contributed by atoms with Crippen molar-refractivity contribution < 1.29 is 9.59 Å². The molecule has 1 aliphatic carbocycles. The van der Waals surface area contributed by atoms with Gasteiger partial charge in [-0.2, -0.15) is 0 Å². The number of rotatable bonds is 8.